The molecular formula is C21H20FN5OS. The highest BCUT2D eigenvalue weighted by molar-refractivity contribution is 7.99. The van der Waals surface area contributed by atoms with E-state index in [1.165, 1.54) is 6.07 Å². The Labute approximate surface area is 170 Å². The predicted molar refractivity (Wildman–Crippen MR) is 112 cm³/mol. The molecule has 2 aromatic carbocycles. The number of thioether (sulfide) groups is 1. The Morgan fingerprint density at radius 1 is 1.10 bits per heavy atom. The van der Waals surface area contributed by atoms with Crippen molar-refractivity contribution in [1.29, 1.82) is 0 Å². The number of nitrogens with zero attached hydrogens (tertiary/aromatic N) is 4. The molecule has 5 rings (SSSR count). The summed E-state index contributed by atoms with van der Waals surface area (Å²) in [4.78, 5) is 15.1. The predicted octanol–water partition coefficient (Wildman–Crippen LogP) is 4.24. The van der Waals surface area contributed by atoms with Crippen LogP contribution in [0.4, 0.5) is 4.39 Å². The first-order chi connectivity index (χ1) is 14.2. The first kappa shape index (κ1) is 18.2. The maximum Gasteiger partial charge on any atom is 0.326 e. The van der Waals surface area contributed by atoms with E-state index < -0.39 is 0 Å². The highest BCUT2D eigenvalue weighted by Gasteiger charge is 2.30. The van der Waals surface area contributed by atoms with Crippen molar-refractivity contribution in [1.82, 2.24) is 24.3 Å². The summed E-state index contributed by atoms with van der Waals surface area (Å²) in [6.45, 7) is 0.633. The first-order valence-electron chi connectivity index (χ1n) is 9.72. The average molecular weight is 409 g/mol. The van der Waals surface area contributed by atoms with E-state index in [0.717, 1.165) is 41.2 Å². The Morgan fingerprint density at radius 2 is 1.90 bits per heavy atom. The lowest BCUT2D eigenvalue weighted by Gasteiger charge is -2.09. The zero-order valence-corrected chi connectivity index (χ0v) is 16.5. The van der Waals surface area contributed by atoms with Crippen LogP contribution in [-0.4, -0.2) is 30.1 Å². The monoisotopic (exact) mass is 409 g/mol. The largest absolute Gasteiger partial charge is 0.326 e. The minimum atomic E-state index is -0.280. The van der Waals surface area contributed by atoms with Crippen molar-refractivity contribution in [2.75, 3.05) is 5.75 Å². The van der Waals surface area contributed by atoms with Gasteiger partial charge in [-0.3, -0.25) is 9.13 Å². The van der Waals surface area contributed by atoms with Gasteiger partial charge >= 0.3 is 5.69 Å². The van der Waals surface area contributed by atoms with Gasteiger partial charge in [0.05, 0.1) is 16.6 Å². The molecule has 1 fully saturated rings. The fourth-order valence-corrected chi connectivity index (χ4v) is 4.51. The smallest absolute Gasteiger partial charge is 0.306 e. The van der Waals surface area contributed by atoms with E-state index in [1.807, 2.05) is 30.3 Å². The summed E-state index contributed by atoms with van der Waals surface area (Å²) < 4.78 is 18.1. The van der Waals surface area contributed by atoms with E-state index in [2.05, 4.69) is 19.7 Å². The van der Waals surface area contributed by atoms with Crippen molar-refractivity contribution in [3.8, 4) is 11.4 Å². The van der Waals surface area contributed by atoms with Crippen LogP contribution >= 0.6 is 11.8 Å². The number of para-hydroxylation sites is 2. The number of fused-ring (bicyclic) bond motifs is 1. The molecule has 148 valence electrons. The molecule has 0 bridgehead atoms. The molecule has 0 atom stereocenters. The number of rotatable bonds is 7. The number of hydrogen-bond donors (Lipinski definition) is 1. The summed E-state index contributed by atoms with van der Waals surface area (Å²) in [5.41, 5.74) is 2.18. The van der Waals surface area contributed by atoms with Gasteiger partial charge in [-0.25, -0.2) is 9.18 Å². The zero-order valence-electron chi connectivity index (χ0n) is 15.7. The summed E-state index contributed by atoms with van der Waals surface area (Å²) in [7, 11) is 0. The van der Waals surface area contributed by atoms with Crippen LogP contribution < -0.4 is 5.69 Å². The van der Waals surface area contributed by atoms with E-state index >= 15 is 0 Å². The third-order valence-electron chi connectivity index (χ3n) is 5.13. The van der Waals surface area contributed by atoms with E-state index in [1.54, 1.807) is 28.5 Å². The number of imidazole rings is 1. The van der Waals surface area contributed by atoms with Crippen LogP contribution in [0.5, 0.6) is 0 Å². The standard InChI is InChI=1S/C21H20FN5OS/c22-16-7-2-1-6-15(16)19-24-25-21(27(19)14-10-11-14)29-13-5-12-26-18-9-4-3-8-17(18)23-20(26)28/h1-4,6-9,14H,5,10-13H2,(H,23,28). The van der Waals surface area contributed by atoms with Crippen molar-refractivity contribution < 1.29 is 4.39 Å². The Kier molecular flexibility index (Phi) is 4.71. The van der Waals surface area contributed by atoms with Gasteiger partial charge in [0, 0.05) is 18.3 Å². The van der Waals surface area contributed by atoms with E-state index in [0.29, 0.717) is 24.0 Å². The molecule has 0 saturated heterocycles. The van der Waals surface area contributed by atoms with Gasteiger partial charge in [-0.2, -0.15) is 0 Å². The highest BCUT2D eigenvalue weighted by atomic mass is 32.2. The second-order valence-electron chi connectivity index (χ2n) is 7.19. The molecule has 0 spiro atoms. The quantitative estimate of drug-likeness (QED) is 0.366. The van der Waals surface area contributed by atoms with Gasteiger partial charge in [0.25, 0.3) is 0 Å². The molecular weight excluding hydrogens is 389 g/mol. The molecule has 0 amide bonds. The molecule has 1 saturated carbocycles. The SMILES string of the molecule is O=c1[nH]c2ccccc2n1CCCSc1nnc(-c2ccccc2F)n1C1CC1. The summed E-state index contributed by atoms with van der Waals surface area (Å²) in [5.74, 6) is 1.12. The number of aryl methyl sites for hydroxylation is 1. The lowest BCUT2D eigenvalue weighted by Crippen LogP contribution is -2.17. The minimum absolute atomic E-state index is 0.0841. The van der Waals surface area contributed by atoms with E-state index in [-0.39, 0.29) is 11.5 Å². The van der Waals surface area contributed by atoms with Gasteiger partial charge in [-0.1, -0.05) is 36.0 Å². The topological polar surface area (TPSA) is 68.5 Å². The first-order valence-corrected chi connectivity index (χ1v) is 10.7. The van der Waals surface area contributed by atoms with Crippen LogP contribution in [0.15, 0.2) is 58.5 Å². The van der Waals surface area contributed by atoms with Crippen LogP contribution in [-0.2, 0) is 6.54 Å². The number of aromatic nitrogens is 5. The third-order valence-corrected chi connectivity index (χ3v) is 6.16. The fraction of sp³-hybridized carbons (Fsp3) is 0.286. The summed E-state index contributed by atoms with van der Waals surface area (Å²) in [6.07, 6.45) is 2.95. The molecule has 0 unspecified atom stereocenters. The maximum absolute atomic E-state index is 14.3. The molecule has 2 aromatic heterocycles. The van der Waals surface area contributed by atoms with Gasteiger partial charge in [0.15, 0.2) is 11.0 Å². The Balaban J connectivity index is 1.31. The van der Waals surface area contributed by atoms with Gasteiger partial charge in [0.1, 0.15) is 5.82 Å². The average Bonchev–Trinajstić information content (AvgIpc) is 3.40. The molecule has 2 heterocycles. The van der Waals surface area contributed by atoms with Gasteiger partial charge < -0.3 is 4.98 Å². The van der Waals surface area contributed by atoms with Crippen molar-refractivity contribution >= 4 is 22.8 Å². The molecule has 6 nitrogen and oxygen atoms in total. The third kappa shape index (κ3) is 3.48. The normalized spacial score (nSPS) is 14.0. The number of aromatic amines is 1. The molecule has 4 aromatic rings. The van der Waals surface area contributed by atoms with Crippen molar-refractivity contribution in [2.45, 2.75) is 37.0 Å². The molecule has 1 aliphatic rings. The van der Waals surface area contributed by atoms with Crippen LogP contribution in [0.3, 0.4) is 0 Å². The maximum atomic E-state index is 14.3. The lowest BCUT2D eigenvalue weighted by atomic mass is 10.2. The van der Waals surface area contributed by atoms with Crippen molar-refractivity contribution in [3.63, 3.8) is 0 Å². The summed E-state index contributed by atoms with van der Waals surface area (Å²) in [6, 6.07) is 14.7. The van der Waals surface area contributed by atoms with Crippen LogP contribution in [0, 0.1) is 5.82 Å². The molecule has 8 heteroatoms. The summed E-state index contributed by atoms with van der Waals surface area (Å²) in [5, 5.41) is 9.43. The number of H-pyrrole nitrogens is 1. The van der Waals surface area contributed by atoms with Crippen LogP contribution in [0.1, 0.15) is 25.3 Å². The number of nitrogens with one attached hydrogen (secondary N) is 1. The molecule has 29 heavy (non-hydrogen) atoms. The zero-order chi connectivity index (χ0) is 19.8. The lowest BCUT2D eigenvalue weighted by molar-refractivity contribution is 0.622. The minimum Gasteiger partial charge on any atom is -0.306 e. The molecule has 1 N–H and O–H groups in total. The molecule has 0 aliphatic heterocycles. The van der Waals surface area contributed by atoms with E-state index in [9.17, 15) is 9.18 Å². The number of halogens is 1. The summed E-state index contributed by atoms with van der Waals surface area (Å²) >= 11 is 1.61. The van der Waals surface area contributed by atoms with Crippen molar-refractivity contribution in [2.24, 2.45) is 0 Å². The molecule has 1 aliphatic carbocycles. The van der Waals surface area contributed by atoms with Crippen LogP contribution in [0.2, 0.25) is 0 Å². The highest BCUT2D eigenvalue weighted by Crippen LogP contribution is 2.41. The van der Waals surface area contributed by atoms with Gasteiger partial charge in [-0.05, 0) is 43.5 Å². The molecule has 0 radical (unpaired) electrons. The Hall–Kier alpha value is -2.87. The Morgan fingerprint density at radius 3 is 2.72 bits per heavy atom. The Bertz CT molecular complexity index is 1220. The fourth-order valence-electron chi connectivity index (χ4n) is 3.58. The number of benzene rings is 2. The van der Waals surface area contributed by atoms with Gasteiger partial charge in [0.2, 0.25) is 0 Å². The second-order valence-corrected chi connectivity index (χ2v) is 8.25. The van der Waals surface area contributed by atoms with E-state index in [4.69, 9.17) is 0 Å². The van der Waals surface area contributed by atoms with Crippen molar-refractivity contribution in [3.05, 3.63) is 64.8 Å². The van der Waals surface area contributed by atoms with Crippen LogP contribution in [0.25, 0.3) is 22.4 Å². The van der Waals surface area contributed by atoms with Gasteiger partial charge in [-0.15, -0.1) is 10.2 Å². The second kappa shape index (κ2) is 7.51. The number of hydrogen-bond acceptors (Lipinski definition) is 4.